The number of hydrogen-bond acceptors (Lipinski definition) is 6. The van der Waals surface area contributed by atoms with Gasteiger partial charge in [0.1, 0.15) is 16.4 Å². The Morgan fingerprint density at radius 2 is 2.07 bits per heavy atom. The Morgan fingerprint density at radius 3 is 2.76 bits per heavy atom. The molecule has 3 aromatic rings. The van der Waals surface area contributed by atoms with Gasteiger partial charge in [-0.2, -0.15) is 5.10 Å². The molecule has 2 N–H and O–H groups in total. The lowest BCUT2D eigenvalue weighted by molar-refractivity contribution is 0.0954. The molecule has 0 spiro atoms. The summed E-state index contributed by atoms with van der Waals surface area (Å²) in [5.74, 6) is 0.661. The molecule has 4 heterocycles. The zero-order chi connectivity index (χ0) is 20.8. The second kappa shape index (κ2) is 9.65. The largest absolute Gasteiger partial charge is 0.360 e. The summed E-state index contributed by atoms with van der Waals surface area (Å²) < 4.78 is 1.90. The minimum atomic E-state index is -0.110. The Hall–Kier alpha value is -2.74. The first kappa shape index (κ1) is 21.0. The second-order valence-corrected chi connectivity index (χ2v) is 8.07. The minimum absolute atomic E-state index is 0.103. The Bertz CT molecular complexity index is 936. The van der Waals surface area contributed by atoms with E-state index in [9.17, 15) is 4.79 Å². The molecule has 2 unspecified atom stereocenters. The summed E-state index contributed by atoms with van der Waals surface area (Å²) >= 11 is 1.69. The number of thiazole rings is 1. The molecule has 0 saturated heterocycles. The van der Waals surface area contributed by atoms with Crippen LogP contribution in [0.15, 0.2) is 36.9 Å². The van der Waals surface area contributed by atoms with Crippen LogP contribution in [0.1, 0.15) is 65.1 Å². The van der Waals surface area contributed by atoms with Crippen molar-refractivity contribution in [2.75, 3.05) is 11.9 Å². The van der Waals surface area contributed by atoms with Crippen LogP contribution in [0.2, 0.25) is 0 Å². The van der Waals surface area contributed by atoms with Gasteiger partial charge in [-0.3, -0.25) is 9.78 Å². The van der Waals surface area contributed by atoms with Crippen molar-refractivity contribution >= 4 is 23.1 Å². The van der Waals surface area contributed by atoms with Gasteiger partial charge < -0.3 is 10.6 Å². The fourth-order valence-corrected chi connectivity index (χ4v) is 4.17. The predicted octanol–water partition coefficient (Wildman–Crippen LogP) is 4.16. The third-order valence-electron chi connectivity index (χ3n) is 4.73. The van der Waals surface area contributed by atoms with Crippen LogP contribution in [0.5, 0.6) is 0 Å². The molecule has 0 aliphatic carbocycles. The first-order valence-electron chi connectivity index (χ1n) is 10.1. The number of aryl methyl sites for hydroxylation is 1. The van der Waals surface area contributed by atoms with Gasteiger partial charge in [0.05, 0.1) is 18.3 Å². The highest BCUT2D eigenvalue weighted by molar-refractivity contribution is 7.11. The van der Waals surface area contributed by atoms with Crippen LogP contribution in [-0.4, -0.2) is 32.2 Å². The molecule has 0 saturated carbocycles. The van der Waals surface area contributed by atoms with Crippen LogP contribution in [0, 0.1) is 6.92 Å². The number of hydrogen-bond donors (Lipinski definition) is 2. The van der Waals surface area contributed by atoms with E-state index in [0.717, 1.165) is 29.2 Å². The van der Waals surface area contributed by atoms with Crippen LogP contribution in [0.4, 0.5) is 5.82 Å². The summed E-state index contributed by atoms with van der Waals surface area (Å²) in [6.45, 7) is 8.74. The fraction of sp³-hybridized carbons (Fsp3) is 0.429. The van der Waals surface area contributed by atoms with Gasteiger partial charge in [-0.1, -0.05) is 13.8 Å². The first-order chi connectivity index (χ1) is 14.1. The molecule has 2 atom stereocenters. The van der Waals surface area contributed by atoms with Crippen LogP contribution in [-0.2, 0) is 6.42 Å². The maximum Gasteiger partial charge on any atom is 0.256 e. The average molecular weight is 413 g/mol. The van der Waals surface area contributed by atoms with Crippen LogP contribution in [0.25, 0.3) is 0 Å². The minimum Gasteiger partial charge on any atom is -0.360 e. The molecule has 0 radical (unpaired) electrons. The molecule has 0 fully saturated rings. The number of amides is 1. The van der Waals surface area contributed by atoms with E-state index in [1.54, 1.807) is 29.9 Å². The zero-order valence-electron chi connectivity index (χ0n) is 17.3. The molecule has 1 aliphatic heterocycles. The maximum atomic E-state index is 12.7. The quantitative estimate of drug-likeness (QED) is 0.657. The zero-order valence-corrected chi connectivity index (χ0v) is 18.2. The molecular weight excluding hydrogens is 384 g/mol. The summed E-state index contributed by atoms with van der Waals surface area (Å²) in [6, 6.07) is 4.22. The lowest BCUT2D eigenvalue weighted by Gasteiger charge is -2.29. The summed E-state index contributed by atoms with van der Waals surface area (Å²) in [6.07, 6.45) is 8.72. The van der Waals surface area contributed by atoms with E-state index in [2.05, 4.69) is 39.5 Å². The Labute approximate surface area is 175 Å². The molecule has 0 aromatic carbocycles. The third-order valence-corrected chi connectivity index (χ3v) is 5.76. The first-order valence-corrected chi connectivity index (χ1v) is 10.9. The van der Waals surface area contributed by atoms with Crippen molar-refractivity contribution in [3.05, 3.63) is 57.9 Å². The van der Waals surface area contributed by atoms with Crippen molar-refractivity contribution in [3.8, 4) is 0 Å². The lowest BCUT2D eigenvalue weighted by Crippen LogP contribution is -2.29. The SMILES string of the molecule is CC.Cc1cnc(C2CC(C)n3ncc(C(=O)NCCc4ccncc4)c3N2)s1. The standard InChI is InChI=1S/C19H22N6OS.C2H6/c1-12-9-16(19-22-10-13(2)27-19)24-17-15(11-23-25(12)17)18(26)21-8-5-14-3-6-20-7-4-14;1-2/h3-4,6-7,10-12,16,24H,5,8-9H2,1-2H3,(H,21,26);1-2H3. The van der Waals surface area contributed by atoms with Crippen LogP contribution in [0.3, 0.4) is 0 Å². The molecule has 0 bridgehead atoms. The van der Waals surface area contributed by atoms with Crippen LogP contribution >= 0.6 is 11.3 Å². The van der Waals surface area contributed by atoms with Gasteiger partial charge in [-0.25, -0.2) is 9.67 Å². The number of anilines is 1. The lowest BCUT2D eigenvalue weighted by atomic mass is 10.1. The van der Waals surface area contributed by atoms with Gasteiger partial charge in [0.2, 0.25) is 0 Å². The highest BCUT2D eigenvalue weighted by Crippen LogP contribution is 2.37. The van der Waals surface area contributed by atoms with Gasteiger partial charge in [-0.15, -0.1) is 11.3 Å². The van der Waals surface area contributed by atoms with Crippen molar-refractivity contribution in [1.82, 2.24) is 25.1 Å². The molecule has 29 heavy (non-hydrogen) atoms. The Kier molecular flexibility index (Phi) is 6.98. The smallest absolute Gasteiger partial charge is 0.256 e. The van der Waals surface area contributed by atoms with Crippen molar-refractivity contribution in [2.45, 2.75) is 52.6 Å². The van der Waals surface area contributed by atoms with Crippen molar-refractivity contribution < 1.29 is 4.79 Å². The number of rotatable bonds is 5. The second-order valence-electron chi connectivity index (χ2n) is 6.80. The fourth-order valence-electron chi connectivity index (χ4n) is 3.33. The molecule has 8 heteroatoms. The number of carbonyl (C=O) groups excluding carboxylic acids is 1. The van der Waals surface area contributed by atoms with E-state index < -0.39 is 0 Å². The normalized spacial score (nSPS) is 17.5. The third kappa shape index (κ3) is 4.82. The predicted molar refractivity (Wildman–Crippen MR) is 116 cm³/mol. The van der Waals surface area contributed by atoms with E-state index >= 15 is 0 Å². The van der Waals surface area contributed by atoms with Gasteiger partial charge in [0, 0.05) is 30.0 Å². The molecular formula is C21H28N6OS. The topological polar surface area (TPSA) is 84.7 Å². The number of fused-ring (bicyclic) bond motifs is 1. The molecule has 7 nitrogen and oxygen atoms in total. The number of nitrogens with zero attached hydrogens (tertiary/aromatic N) is 4. The van der Waals surface area contributed by atoms with Crippen molar-refractivity contribution in [3.63, 3.8) is 0 Å². The van der Waals surface area contributed by atoms with Gasteiger partial charge in [-0.05, 0) is 44.4 Å². The van der Waals surface area contributed by atoms with Gasteiger partial charge >= 0.3 is 0 Å². The van der Waals surface area contributed by atoms with E-state index in [0.29, 0.717) is 12.1 Å². The Balaban J connectivity index is 0.00000117. The summed E-state index contributed by atoms with van der Waals surface area (Å²) in [4.78, 5) is 22.4. The van der Waals surface area contributed by atoms with E-state index in [1.807, 2.05) is 36.9 Å². The van der Waals surface area contributed by atoms with Crippen molar-refractivity contribution in [2.24, 2.45) is 0 Å². The summed E-state index contributed by atoms with van der Waals surface area (Å²) in [5.41, 5.74) is 1.72. The Morgan fingerprint density at radius 1 is 1.31 bits per heavy atom. The number of pyridine rings is 1. The molecule has 1 amide bonds. The van der Waals surface area contributed by atoms with E-state index in [4.69, 9.17) is 0 Å². The average Bonchev–Trinajstić information content (AvgIpc) is 3.37. The molecule has 3 aromatic heterocycles. The molecule has 4 rings (SSSR count). The van der Waals surface area contributed by atoms with E-state index in [-0.39, 0.29) is 18.0 Å². The highest BCUT2D eigenvalue weighted by atomic mass is 32.1. The van der Waals surface area contributed by atoms with Gasteiger partial charge in [0.15, 0.2) is 0 Å². The molecule has 1 aliphatic rings. The number of carbonyl (C=O) groups is 1. The summed E-state index contributed by atoms with van der Waals surface area (Å²) in [7, 11) is 0. The summed E-state index contributed by atoms with van der Waals surface area (Å²) in [5, 5.41) is 11.9. The number of nitrogens with one attached hydrogen (secondary N) is 2. The van der Waals surface area contributed by atoms with Gasteiger partial charge in [0.25, 0.3) is 5.91 Å². The van der Waals surface area contributed by atoms with E-state index in [1.165, 1.54) is 4.88 Å². The number of aromatic nitrogens is 4. The van der Waals surface area contributed by atoms with Crippen LogP contribution < -0.4 is 10.6 Å². The maximum absolute atomic E-state index is 12.7. The molecule has 154 valence electrons. The van der Waals surface area contributed by atoms with Crippen molar-refractivity contribution in [1.29, 1.82) is 0 Å². The highest BCUT2D eigenvalue weighted by Gasteiger charge is 2.30. The monoisotopic (exact) mass is 412 g/mol.